The number of hydrogen-bond acceptors (Lipinski definition) is 12. The van der Waals surface area contributed by atoms with Gasteiger partial charge in [0.1, 0.15) is 0 Å². The normalized spacial score (nSPS) is 11.4. The van der Waals surface area contributed by atoms with E-state index in [0.717, 1.165) is 14.2 Å². The first-order chi connectivity index (χ1) is 60.2. The zero-order valence-corrected chi connectivity index (χ0v) is 86.6. The molecule has 15 heteroatoms. The zero-order chi connectivity index (χ0) is 85.8. The molecule has 0 aliphatic carbocycles. The van der Waals surface area contributed by atoms with Crippen molar-refractivity contribution < 1.29 is 0 Å². The van der Waals surface area contributed by atoms with Crippen LogP contribution in [0.5, 0.6) is 0 Å². The summed E-state index contributed by atoms with van der Waals surface area (Å²) in [6.45, 7) is 16.4. The molecule has 18 aromatic rings. The first-order valence-corrected chi connectivity index (χ1v) is 55.2. The van der Waals surface area contributed by atoms with Gasteiger partial charge in [-0.15, -0.1) is 160 Å². The lowest BCUT2D eigenvalue weighted by molar-refractivity contribution is 0.632. The molecule has 0 saturated heterocycles. The SMILES string of the molecule is C#CC.CC#Cc1cc2sc3cc(C#CC)sc3c2s1.CC=Cc1cc2sc3cc(C=CC)sc3c2s1.CCCCCCCc1ccc(-c2ccc(/C=C/c3cc4sc5cc(/C=C/c6ccc(-c7ccc(CCCCCCC)cc7)cc6)sc5c4s3)cc2)cc1.CCCCCCCc1ccc(-c2ccc(Br)cc2)cc1.Ic1cc2sc3cc(I)sc3c2s1. The number of rotatable bonds is 27. The average molecular weight is 2120 g/mol. The Hall–Kier alpha value is -6.62. The predicted molar refractivity (Wildman–Crippen MR) is 593 cm³/mol. The van der Waals surface area contributed by atoms with Crippen molar-refractivity contribution in [2.45, 2.75) is 171 Å². The van der Waals surface area contributed by atoms with Gasteiger partial charge in [0.25, 0.3) is 0 Å². The monoisotopic (exact) mass is 2110 g/mol. The largest absolute Gasteiger partial charge is 0.133 e. The molecule has 12 heterocycles. The molecule has 18 rings (SSSR count). The summed E-state index contributed by atoms with van der Waals surface area (Å²) in [5.74, 6) is 14.4. The van der Waals surface area contributed by atoms with Crippen molar-refractivity contribution in [3.8, 4) is 69.4 Å². The lowest BCUT2D eigenvalue weighted by atomic mass is 10.00. The summed E-state index contributed by atoms with van der Waals surface area (Å²) in [6.07, 6.45) is 45.9. The van der Waals surface area contributed by atoms with E-state index < -0.39 is 0 Å². The molecular formula is C108H101BrI2S12. The van der Waals surface area contributed by atoms with Gasteiger partial charge in [-0.05, 0) is 264 Å². The molecule has 0 spiro atoms. The second kappa shape index (κ2) is 48.5. The van der Waals surface area contributed by atoms with Crippen LogP contribution in [0.25, 0.3) is 145 Å². The minimum atomic E-state index is 1.13. The fourth-order valence-electron chi connectivity index (χ4n) is 14.3. The minimum Gasteiger partial charge on any atom is -0.133 e. The van der Waals surface area contributed by atoms with Crippen molar-refractivity contribution in [3.63, 3.8) is 0 Å². The Morgan fingerprint density at radius 3 is 0.837 bits per heavy atom. The Balaban J connectivity index is 0.000000150. The van der Waals surface area contributed by atoms with E-state index in [0.29, 0.717) is 0 Å². The number of thiophene rings is 12. The molecule has 0 fully saturated rings. The highest BCUT2D eigenvalue weighted by atomic mass is 127. The Bertz CT molecular complexity index is 6350. The second-order valence-electron chi connectivity index (χ2n) is 29.9. The fourth-order valence-corrected chi connectivity index (χ4v) is 32.1. The van der Waals surface area contributed by atoms with E-state index in [1.54, 1.807) is 29.6 Å². The van der Waals surface area contributed by atoms with Crippen molar-refractivity contribution in [2.24, 2.45) is 0 Å². The van der Waals surface area contributed by atoms with Crippen molar-refractivity contribution in [2.75, 3.05) is 0 Å². The lowest BCUT2D eigenvalue weighted by Crippen LogP contribution is -1.87. The van der Waals surface area contributed by atoms with Crippen molar-refractivity contribution in [1.29, 1.82) is 0 Å². The summed E-state index contributed by atoms with van der Waals surface area (Å²) >= 11 is 30.9. The van der Waals surface area contributed by atoms with Gasteiger partial charge >= 0.3 is 0 Å². The highest BCUT2D eigenvalue weighted by Gasteiger charge is 2.17. The molecule has 12 aromatic heterocycles. The van der Waals surface area contributed by atoms with E-state index in [4.69, 9.17) is 0 Å². The van der Waals surface area contributed by atoms with Crippen molar-refractivity contribution in [3.05, 3.63) is 274 Å². The number of hydrogen-bond donors (Lipinski definition) is 0. The van der Waals surface area contributed by atoms with Crippen LogP contribution in [0.4, 0.5) is 0 Å². The molecule has 0 unspecified atom stereocenters. The van der Waals surface area contributed by atoms with Gasteiger partial charge in [0.2, 0.25) is 0 Å². The van der Waals surface area contributed by atoms with Crippen molar-refractivity contribution in [1.82, 2.24) is 0 Å². The number of benzene rings is 6. The van der Waals surface area contributed by atoms with Gasteiger partial charge in [-0.1, -0.05) is 283 Å². The van der Waals surface area contributed by atoms with E-state index in [2.05, 4.69) is 374 Å². The van der Waals surface area contributed by atoms with Crippen LogP contribution < -0.4 is 0 Å². The van der Waals surface area contributed by atoms with Gasteiger partial charge in [-0.2, -0.15) is 0 Å². The topological polar surface area (TPSA) is 0 Å². The summed E-state index contributed by atoms with van der Waals surface area (Å²) in [6, 6.07) is 72.1. The first-order valence-electron chi connectivity index (χ1n) is 42.5. The molecule has 0 aliphatic heterocycles. The molecule has 0 atom stereocenters. The third kappa shape index (κ3) is 26.5. The van der Waals surface area contributed by atoms with Crippen LogP contribution >= 0.6 is 197 Å². The lowest BCUT2D eigenvalue weighted by Gasteiger charge is -2.05. The average Bonchev–Trinajstić information content (AvgIpc) is 1.63. The predicted octanol–water partition coefficient (Wildman–Crippen LogP) is 40.7. The Morgan fingerprint density at radius 1 is 0.293 bits per heavy atom. The van der Waals surface area contributed by atoms with Crippen molar-refractivity contribution >= 4 is 309 Å². The van der Waals surface area contributed by atoms with Crippen LogP contribution in [0.1, 0.15) is 209 Å². The molecule has 0 saturated carbocycles. The van der Waals surface area contributed by atoms with E-state index in [-0.39, 0.29) is 0 Å². The maximum absolute atomic E-state index is 4.60. The summed E-state index contributed by atoms with van der Waals surface area (Å²) in [5.41, 5.74) is 14.6. The van der Waals surface area contributed by atoms with E-state index in [1.165, 1.54) is 277 Å². The quantitative estimate of drug-likeness (QED) is 0.0273. The zero-order valence-electron chi connectivity index (χ0n) is 70.9. The Kier molecular flexibility index (Phi) is 37.1. The number of allylic oxidation sites excluding steroid dienone is 2. The van der Waals surface area contributed by atoms with Gasteiger partial charge in [0.15, 0.2) is 0 Å². The molecule has 0 amide bonds. The van der Waals surface area contributed by atoms with Gasteiger partial charge in [-0.3, -0.25) is 0 Å². The number of fused-ring (bicyclic) bond motifs is 12. The van der Waals surface area contributed by atoms with Crippen LogP contribution in [0, 0.1) is 41.8 Å². The standard InChI is InChI=1S/C50H52S3.C19H23Br.C14H12S3.C14H8S3.C8H2I2S3.C3H4/c1-3-5-7-9-11-13-37-15-25-41(26-16-37)43-29-19-39(20-30-43)23-33-45-35-47-49(51-45)50-48(53-47)36-46(52-50)34-24-40-21-31-44(32-22-40)42-27-17-38(18-28-42)14-12-10-8-6-4-2;1-2-3-4-5-6-7-16-8-10-17(11-9-16)18-12-14-19(20)15-13-18;2*1-3-5-9-7-11-13(15-9)14-12(17-11)8-10(16-14)6-4-2;9-5-1-3-7(12-5)8-4(11-3)2-6(10)13-8;1-3-2/h15-36H,3-14H2,1-2H3;8-15H,2-7H2,1H3;3-8H,1-2H3;7-8H,1-2H3;1-2H;1H,2H3/b33-23+,34-24+;;;;;. The highest BCUT2D eigenvalue weighted by Crippen LogP contribution is 2.48. The smallest absolute Gasteiger partial charge is 0.0789 e. The van der Waals surface area contributed by atoms with Gasteiger partial charge in [0.05, 0.1) is 53.1 Å². The molecule has 0 aliphatic rings. The maximum Gasteiger partial charge on any atom is 0.0789 e. The summed E-state index contributed by atoms with van der Waals surface area (Å²) in [5, 5.41) is 0. The fraction of sp³-hybridized carbons (Fsp3) is 0.241. The second-order valence-corrected chi connectivity index (χ2v) is 47.5. The third-order valence-corrected chi connectivity index (χ3v) is 37.4. The molecule has 626 valence electrons. The Labute approximate surface area is 812 Å². The number of aryl methyl sites for hydroxylation is 3. The molecule has 123 heavy (non-hydrogen) atoms. The van der Waals surface area contributed by atoms with E-state index in [1.807, 2.05) is 127 Å². The van der Waals surface area contributed by atoms with Crippen LogP contribution in [0.2, 0.25) is 0 Å². The molecule has 0 bridgehead atoms. The Morgan fingerprint density at radius 2 is 0.545 bits per heavy atom. The summed E-state index contributed by atoms with van der Waals surface area (Å²) in [4.78, 5) is 7.66. The van der Waals surface area contributed by atoms with Gasteiger partial charge in [0, 0.05) is 61.6 Å². The molecule has 0 N–H and O–H groups in total. The molecule has 0 radical (unpaired) electrons. The summed E-state index contributed by atoms with van der Waals surface area (Å²) in [7, 11) is 0. The van der Waals surface area contributed by atoms with Crippen LogP contribution in [0.15, 0.2) is 211 Å². The van der Waals surface area contributed by atoms with Gasteiger partial charge < -0.3 is 0 Å². The minimum absolute atomic E-state index is 1.13. The number of halogens is 3. The summed E-state index contributed by atoms with van der Waals surface area (Å²) < 4.78 is 26.6. The van der Waals surface area contributed by atoms with E-state index in [9.17, 15) is 0 Å². The molecule has 6 aromatic carbocycles. The number of terminal acetylenes is 1. The van der Waals surface area contributed by atoms with Crippen LogP contribution in [-0.2, 0) is 19.3 Å². The maximum atomic E-state index is 4.60. The third-order valence-electron chi connectivity index (χ3n) is 20.6. The highest BCUT2D eigenvalue weighted by molar-refractivity contribution is 14.1. The van der Waals surface area contributed by atoms with E-state index >= 15 is 0 Å². The van der Waals surface area contributed by atoms with Gasteiger partial charge in [-0.25, -0.2) is 0 Å². The van der Waals surface area contributed by atoms with Crippen LogP contribution in [-0.4, -0.2) is 0 Å². The molecular weight excluding hydrogens is 2020 g/mol. The molecule has 0 nitrogen and oxygen atoms in total. The van der Waals surface area contributed by atoms with Crippen LogP contribution in [0.3, 0.4) is 0 Å². The number of unbranched alkanes of at least 4 members (excludes halogenated alkanes) is 12. The first kappa shape index (κ1) is 94.0.